The highest BCUT2D eigenvalue weighted by Gasteiger charge is 2.17. The molecule has 0 saturated carbocycles. The lowest BCUT2D eigenvalue weighted by molar-refractivity contribution is 0.0599. The molecule has 0 aliphatic rings. The number of aromatic amines is 1. The average Bonchev–Trinajstić information content (AvgIpc) is 2.64. The van der Waals surface area contributed by atoms with Crippen LogP contribution in [0.1, 0.15) is 10.4 Å². The van der Waals surface area contributed by atoms with Crippen LogP contribution in [0.25, 0.3) is 11.0 Å². The number of nitrogens with zero attached hydrogens (tertiary/aromatic N) is 1. The van der Waals surface area contributed by atoms with Crippen LogP contribution in [0.3, 0.4) is 0 Å². The summed E-state index contributed by atoms with van der Waals surface area (Å²) in [5.74, 6) is -0.725. The number of benzene rings is 1. The summed E-state index contributed by atoms with van der Waals surface area (Å²) >= 11 is 0. The lowest BCUT2D eigenvalue weighted by atomic mass is 10.1. The Morgan fingerprint density at radius 3 is 3.07 bits per heavy atom. The highest BCUT2D eigenvalue weighted by molar-refractivity contribution is 6.04. The highest BCUT2D eigenvalue weighted by atomic mass is 16.5. The predicted molar refractivity (Wildman–Crippen MR) is 49.1 cm³/mol. The van der Waals surface area contributed by atoms with Gasteiger partial charge in [0.2, 0.25) is 0 Å². The molecule has 1 heterocycles. The third kappa shape index (κ3) is 1.10. The number of fused-ring (bicyclic) bond motifs is 1. The number of phenols is 1. The van der Waals surface area contributed by atoms with Crippen molar-refractivity contribution in [2.45, 2.75) is 0 Å². The summed E-state index contributed by atoms with van der Waals surface area (Å²) in [7, 11) is 1.26. The molecule has 5 heteroatoms. The summed E-state index contributed by atoms with van der Waals surface area (Å²) in [5, 5.41) is 9.47. The number of aromatic hydroxyl groups is 1. The maximum Gasteiger partial charge on any atom is 0.343 e. The fourth-order valence-corrected chi connectivity index (χ4v) is 1.30. The van der Waals surface area contributed by atoms with E-state index in [0.29, 0.717) is 11.0 Å². The molecular formula is C9H8N2O3. The fraction of sp³-hybridized carbons (Fsp3) is 0.111. The number of imidazole rings is 1. The minimum atomic E-state index is -0.597. The van der Waals surface area contributed by atoms with Crippen LogP contribution < -0.4 is 0 Å². The van der Waals surface area contributed by atoms with Crippen molar-refractivity contribution in [3.8, 4) is 5.75 Å². The Hall–Kier alpha value is -2.04. The topological polar surface area (TPSA) is 75.2 Å². The van der Waals surface area contributed by atoms with Gasteiger partial charge in [-0.3, -0.25) is 0 Å². The van der Waals surface area contributed by atoms with E-state index in [2.05, 4.69) is 14.7 Å². The molecule has 72 valence electrons. The molecule has 0 unspecified atom stereocenters. The molecule has 1 aromatic carbocycles. The number of carbonyl (C=O) groups excluding carboxylic acids is 1. The number of carbonyl (C=O) groups is 1. The molecule has 0 aliphatic heterocycles. The third-order valence-electron chi connectivity index (χ3n) is 1.96. The summed E-state index contributed by atoms with van der Waals surface area (Å²) in [4.78, 5) is 18.1. The fourth-order valence-electron chi connectivity index (χ4n) is 1.30. The zero-order valence-electron chi connectivity index (χ0n) is 7.44. The van der Waals surface area contributed by atoms with Gasteiger partial charge in [0, 0.05) is 0 Å². The Balaban J connectivity index is 2.76. The van der Waals surface area contributed by atoms with E-state index in [0.717, 1.165) is 0 Å². The van der Waals surface area contributed by atoms with Crippen LogP contribution in [0.2, 0.25) is 0 Å². The Labute approximate surface area is 79.3 Å². The van der Waals surface area contributed by atoms with E-state index in [4.69, 9.17) is 0 Å². The van der Waals surface area contributed by atoms with Gasteiger partial charge in [0.15, 0.2) is 0 Å². The van der Waals surface area contributed by atoms with E-state index in [-0.39, 0.29) is 11.3 Å². The zero-order chi connectivity index (χ0) is 10.1. The predicted octanol–water partition coefficient (Wildman–Crippen LogP) is 1.06. The lowest BCUT2D eigenvalue weighted by Crippen LogP contribution is -2.02. The SMILES string of the molecule is COC(=O)c1c(O)ccc2[nH]cnc12. The van der Waals surface area contributed by atoms with Crippen LogP contribution in [0.15, 0.2) is 18.5 Å². The molecular weight excluding hydrogens is 184 g/mol. The van der Waals surface area contributed by atoms with Crippen LogP contribution in [0, 0.1) is 0 Å². The van der Waals surface area contributed by atoms with E-state index in [9.17, 15) is 9.90 Å². The number of hydrogen-bond donors (Lipinski definition) is 2. The third-order valence-corrected chi connectivity index (χ3v) is 1.96. The Morgan fingerprint density at radius 1 is 1.57 bits per heavy atom. The zero-order valence-corrected chi connectivity index (χ0v) is 7.44. The number of aromatic nitrogens is 2. The highest BCUT2D eigenvalue weighted by Crippen LogP contribution is 2.25. The van der Waals surface area contributed by atoms with E-state index in [1.54, 1.807) is 6.07 Å². The second kappa shape index (κ2) is 3.02. The summed E-state index contributed by atoms with van der Waals surface area (Å²) in [6.45, 7) is 0. The van der Waals surface area contributed by atoms with Gasteiger partial charge in [0.25, 0.3) is 0 Å². The second-order valence-corrected chi connectivity index (χ2v) is 2.75. The maximum atomic E-state index is 11.3. The van der Waals surface area contributed by atoms with Crippen LogP contribution in [0.5, 0.6) is 5.75 Å². The van der Waals surface area contributed by atoms with Crippen molar-refractivity contribution in [3.05, 3.63) is 24.0 Å². The van der Waals surface area contributed by atoms with E-state index in [1.807, 2.05) is 0 Å². The largest absolute Gasteiger partial charge is 0.507 e. The second-order valence-electron chi connectivity index (χ2n) is 2.75. The molecule has 0 atom stereocenters. The minimum Gasteiger partial charge on any atom is -0.507 e. The van der Waals surface area contributed by atoms with Gasteiger partial charge in [-0.2, -0.15) is 0 Å². The number of esters is 1. The smallest absolute Gasteiger partial charge is 0.343 e. The lowest BCUT2D eigenvalue weighted by Gasteiger charge is -2.02. The molecule has 0 amide bonds. The van der Waals surface area contributed by atoms with Gasteiger partial charge in [-0.05, 0) is 12.1 Å². The standard InChI is InChI=1S/C9H8N2O3/c1-14-9(13)7-6(12)3-2-5-8(7)11-4-10-5/h2-4,12H,1H3,(H,10,11). The average molecular weight is 192 g/mol. The van der Waals surface area contributed by atoms with Crippen LogP contribution in [0.4, 0.5) is 0 Å². The first-order valence-corrected chi connectivity index (χ1v) is 3.97. The van der Waals surface area contributed by atoms with E-state index in [1.165, 1.54) is 19.5 Å². The van der Waals surface area contributed by atoms with Gasteiger partial charge < -0.3 is 14.8 Å². The molecule has 0 bridgehead atoms. The number of nitrogens with one attached hydrogen (secondary N) is 1. The monoisotopic (exact) mass is 192 g/mol. The van der Waals surface area contributed by atoms with Crippen LogP contribution in [-0.4, -0.2) is 28.2 Å². The van der Waals surface area contributed by atoms with Gasteiger partial charge in [-0.25, -0.2) is 9.78 Å². The van der Waals surface area contributed by atoms with Crippen molar-refractivity contribution < 1.29 is 14.6 Å². The van der Waals surface area contributed by atoms with Crippen molar-refractivity contribution in [1.29, 1.82) is 0 Å². The van der Waals surface area contributed by atoms with E-state index < -0.39 is 5.97 Å². The quantitative estimate of drug-likeness (QED) is 0.662. The Kier molecular flexibility index (Phi) is 1.85. The maximum absolute atomic E-state index is 11.3. The summed E-state index contributed by atoms with van der Waals surface area (Å²) in [6, 6.07) is 3.07. The Morgan fingerprint density at radius 2 is 2.36 bits per heavy atom. The minimum absolute atomic E-state index is 0.0891. The molecule has 0 aliphatic carbocycles. The molecule has 0 radical (unpaired) electrons. The van der Waals surface area contributed by atoms with Crippen molar-refractivity contribution in [2.24, 2.45) is 0 Å². The number of methoxy groups -OCH3 is 1. The Bertz CT molecular complexity index is 490. The number of rotatable bonds is 1. The molecule has 0 spiro atoms. The van der Waals surface area contributed by atoms with Gasteiger partial charge >= 0.3 is 5.97 Å². The number of hydrogen-bond acceptors (Lipinski definition) is 4. The first-order valence-electron chi connectivity index (χ1n) is 3.97. The summed E-state index contributed by atoms with van der Waals surface area (Å²) in [5.41, 5.74) is 1.19. The molecule has 0 saturated heterocycles. The van der Waals surface area contributed by atoms with Crippen LogP contribution >= 0.6 is 0 Å². The molecule has 0 fully saturated rings. The van der Waals surface area contributed by atoms with Gasteiger partial charge in [0.05, 0.1) is 19.0 Å². The molecule has 5 nitrogen and oxygen atoms in total. The van der Waals surface area contributed by atoms with Gasteiger partial charge in [-0.1, -0.05) is 0 Å². The first kappa shape index (κ1) is 8.55. The van der Waals surface area contributed by atoms with E-state index >= 15 is 0 Å². The summed E-state index contributed by atoms with van der Waals surface area (Å²) < 4.78 is 4.54. The van der Waals surface area contributed by atoms with Gasteiger partial charge in [0.1, 0.15) is 16.8 Å². The van der Waals surface area contributed by atoms with Crippen molar-refractivity contribution in [1.82, 2.24) is 9.97 Å². The first-order chi connectivity index (χ1) is 6.74. The van der Waals surface area contributed by atoms with Crippen LogP contribution in [-0.2, 0) is 4.74 Å². The van der Waals surface area contributed by atoms with Gasteiger partial charge in [-0.15, -0.1) is 0 Å². The molecule has 1 aromatic heterocycles. The van der Waals surface area contributed by atoms with Crippen molar-refractivity contribution in [2.75, 3.05) is 7.11 Å². The number of H-pyrrole nitrogens is 1. The van der Waals surface area contributed by atoms with Crippen molar-refractivity contribution >= 4 is 17.0 Å². The molecule has 2 aromatic rings. The molecule has 2 rings (SSSR count). The number of ether oxygens (including phenoxy) is 1. The number of phenolic OH excluding ortho intramolecular Hbond substituents is 1. The summed E-state index contributed by atoms with van der Waals surface area (Å²) in [6.07, 6.45) is 1.45. The molecule has 2 N–H and O–H groups in total. The normalized spacial score (nSPS) is 10.4. The van der Waals surface area contributed by atoms with Crippen molar-refractivity contribution in [3.63, 3.8) is 0 Å². The molecule has 14 heavy (non-hydrogen) atoms.